The third-order valence-electron chi connectivity index (χ3n) is 4.86. The lowest BCUT2D eigenvalue weighted by Crippen LogP contribution is -2.48. The van der Waals surface area contributed by atoms with E-state index in [2.05, 4.69) is 17.4 Å². The molecule has 0 spiro atoms. The van der Waals surface area contributed by atoms with Gasteiger partial charge in [0.2, 0.25) is 0 Å². The van der Waals surface area contributed by atoms with Crippen molar-refractivity contribution >= 4 is 5.91 Å². The number of piperazine rings is 1. The van der Waals surface area contributed by atoms with Crippen LogP contribution in [0.15, 0.2) is 54.6 Å². The number of nitrogens with one attached hydrogen (secondary N) is 1. The number of rotatable bonds is 5. The van der Waals surface area contributed by atoms with Crippen LogP contribution in [0.2, 0.25) is 0 Å². The molecule has 0 saturated carbocycles. The first-order valence-electron chi connectivity index (χ1n) is 9.31. The minimum absolute atomic E-state index is 0.0811. The van der Waals surface area contributed by atoms with Gasteiger partial charge in [0.05, 0.1) is 5.60 Å². The number of nitrogens with zero attached hydrogens (tertiary/aromatic N) is 1. The van der Waals surface area contributed by atoms with Crippen LogP contribution in [0.5, 0.6) is 0 Å². The molecular formula is C22H28N2O2. The molecule has 1 fully saturated rings. The Bertz CT molecular complexity index is 737. The highest BCUT2D eigenvalue weighted by Gasteiger charge is 2.25. The van der Waals surface area contributed by atoms with E-state index < -0.39 is 5.60 Å². The molecule has 1 aliphatic heterocycles. The van der Waals surface area contributed by atoms with Gasteiger partial charge in [-0.25, -0.2) is 0 Å². The second-order valence-corrected chi connectivity index (χ2v) is 7.68. The third-order valence-corrected chi connectivity index (χ3v) is 4.86. The SMILES string of the molecule is CC(C)(O)CCc1cccc(C(=O)N2CCN[C@H](c3ccccc3)C2)c1. The van der Waals surface area contributed by atoms with Crippen molar-refractivity contribution in [3.63, 3.8) is 0 Å². The summed E-state index contributed by atoms with van der Waals surface area (Å²) in [5, 5.41) is 13.4. The highest BCUT2D eigenvalue weighted by molar-refractivity contribution is 5.94. The molecule has 0 bridgehead atoms. The highest BCUT2D eigenvalue weighted by Crippen LogP contribution is 2.20. The van der Waals surface area contributed by atoms with Crippen LogP contribution < -0.4 is 5.32 Å². The molecule has 26 heavy (non-hydrogen) atoms. The number of aliphatic hydroxyl groups is 1. The zero-order chi connectivity index (χ0) is 18.6. The average Bonchev–Trinajstić information content (AvgIpc) is 2.66. The molecule has 1 saturated heterocycles. The first-order valence-corrected chi connectivity index (χ1v) is 9.31. The quantitative estimate of drug-likeness (QED) is 0.869. The molecule has 0 aliphatic carbocycles. The highest BCUT2D eigenvalue weighted by atomic mass is 16.3. The van der Waals surface area contributed by atoms with Gasteiger partial charge in [0.25, 0.3) is 5.91 Å². The van der Waals surface area contributed by atoms with Crippen LogP contribution in [0.25, 0.3) is 0 Å². The zero-order valence-corrected chi connectivity index (χ0v) is 15.6. The molecular weight excluding hydrogens is 324 g/mol. The summed E-state index contributed by atoms with van der Waals surface area (Å²) < 4.78 is 0. The van der Waals surface area contributed by atoms with E-state index in [1.807, 2.05) is 61.2 Å². The Kier molecular flexibility index (Phi) is 5.74. The van der Waals surface area contributed by atoms with Gasteiger partial charge in [-0.3, -0.25) is 4.79 Å². The molecule has 1 aliphatic rings. The number of hydrogen-bond donors (Lipinski definition) is 2. The lowest BCUT2D eigenvalue weighted by atomic mass is 9.97. The molecule has 4 nitrogen and oxygen atoms in total. The van der Waals surface area contributed by atoms with Gasteiger partial charge in [0.15, 0.2) is 0 Å². The lowest BCUT2D eigenvalue weighted by Gasteiger charge is -2.34. The fourth-order valence-corrected chi connectivity index (χ4v) is 3.34. The zero-order valence-electron chi connectivity index (χ0n) is 15.6. The lowest BCUT2D eigenvalue weighted by molar-refractivity contribution is 0.0703. The first kappa shape index (κ1) is 18.6. The van der Waals surface area contributed by atoms with Gasteiger partial charge in [-0.15, -0.1) is 0 Å². The molecule has 1 amide bonds. The van der Waals surface area contributed by atoms with Crippen LogP contribution in [-0.2, 0) is 6.42 Å². The fourth-order valence-electron chi connectivity index (χ4n) is 3.34. The number of benzene rings is 2. The van der Waals surface area contributed by atoms with Crippen LogP contribution in [0.1, 0.15) is 47.8 Å². The maximum Gasteiger partial charge on any atom is 0.253 e. The van der Waals surface area contributed by atoms with Gasteiger partial charge in [0, 0.05) is 31.2 Å². The maximum atomic E-state index is 13.0. The van der Waals surface area contributed by atoms with E-state index in [1.165, 1.54) is 5.56 Å². The molecule has 3 rings (SSSR count). The molecule has 0 radical (unpaired) electrons. The Balaban J connectivity index is 1.68. The van der Waals surface area contributed by atoms with Crippen LogP contribution in [0.4, 0.5) is 0 Å². The van der Waals surface area contributed by atoms with Crippen LogP contribution >= 0.6 is 0 Å². The number of carbonyl (C=O) groups excluding carboxylic acids is 1. The topological polar surface area (TPSA) is 52.6 Å². The minimum atomic E-state index is -0.693. The fraction of sp³-hybridized carbons (Fsp3) is 0.409. The Morgan fingerprint density at radius 1 is 1.19 bits per heavy atom. The Labute approximate surface area is 155 Å². The normalized spacial score (nSPS) is 18.0. The monoisotopic (exact) mass is 352 g/mol. The van der Waals surface area contributed by atoms with Gasteiger partial charge >= 0.3 is 0 Å². The smallest absolute Gasteiger partial charge is 0.253 e. The molecule has 2 aromatic rings. The predicted molar refractivity (Wildman–Crippen MR) is 104 cm³/mol. The van der Waals surface area contributed by atoms with Gasteiger partial charge in [-0.2, -0.15) is 0 Å². The van der Waals surface area contributed by atoms with Crippen molar-refractivity contribution < 1.29 is 9.90 Å². The number of hydrogen-bond acceptors (Lipinski definition) is 3. The summed E-state index contributed by atoms with van der Waals surface area (Å²) in [4.78, 5) is 14.9. The van der Waals surface area contributed by atoms with Gasteiger partial charge in [-0.05, 0) is 49.9 Å². The average molecular weight is 352 g/mol. The summed E-state index contributed by atoms with van der Waals surface area (Å²) in [6, 6.07) is 18.3. The van der Waals surface area contributed by atoms with E-state index in [1.54, 1.807) is 0 Å². The van der Waals surface area contributed by atoms with E-state index in [-0.39, 0.29) is 11.9 Å². The standard InChI is InChI=1S/C22H28N2O2/c1-22(2,26)12-11-17-7-6-10-19(15-17)21(25)24-14-13-23-20(16-24)18-8-4-3-5-9-18/h3-10,15,20,23,26H,11-14,16H2,1-2H3/t20-/m0/s1. The van der Waals surface area contributed by atoms with E-state index in [4.69, 9.17) is 0 Å². The van der Waals surface area contributed by atoms with Gasteiger partial charge in [0.1, 0.15) is 0 Å². The summed E-state index contributed by atoms with van der Waals surface area (Å²) in [7, 11) is 0. The second kappa shape index (κ2) is 8.02. The Morgan fingerprint density at radius 3 is 2.69 bits per heavy atom. The van der Waals surface area contributed by atoms with E-state index >= 15 is 0 Å². The number of aryl methyl sites for hydroxylation is 1. The molecule has 0 aromatic heterocycles. The van der Waals surface area contributed by atoms with Crippen molar-refractivity contribution in [2.75, 3.05) is 19.6 Å². The molecule has 1 heterocycles. The van der Waals surface area contributed by atoms with Crippen LogP contribution in [0.3, 0.4) is 0 Å². The maximum absolute atomic E-state index is 13.0. The summed E-state index contributed by atoms with van der Waals surface area (Å²) in [5.74, 6) is 0.0811. The Hall–Kier alpha value is -2.17. The van der Waals surface area contributed by atoms with Gasteiger partial charge < -0.3 is 15.3 Å². The second-order valence-electron chi connectivity index (χ2n) is 7.68. The summed E-state index contributed by atoms with van der Waals surface area (Å²) in [6.07, 6.45) is 1.44. The molecule has 2 N–H and O–H groups in total. The van der Waals surface area contributed by atoms with Crippen molar-refractivity contribution in [1.29, 1.82) is 0 Å². The first-order chi connectivity index (χ1) is 12.4. The van der Waals surface area contributed by atoms with Crippen molar-refractivity contribution in [2.24, 2.45) is 0 Å². The van der Waals surface area contributed by atoms with E-state index in [0.717, 1.165) is 30.6 Å². The van der Waals surface area contributed by atoms with Crippen molar-refractivity contribution in [3.8, 4) is 0 Å². The Morgan fingerprint density at radius 2 is 1.96 bits per heavy atom. The molecule has 0 unspecified atom stereocenters. The van der Waals surface area contributed by atoms with Crippen LogP contribution in [0, 0.1) is 0 Å². The molecule has 1 atom stereocenters. The third kappa shape index (κ3) is 4.93. The number of carbonyl (C=O) groups is 1. The van der Waals surface area contributed by atoms with E-state index in [0.29, 0.717) is 13.0 Å². The summed E-state index contributed by atoms with van der Waals surface area (Å²) in [5.41, 5.74) is 2.34. The summed E-state index contributed by atoms with van der Waals surface area (Å²) >= 11 is 0. The van der Waals surface area contributed by atoms with Crippen molar-refractivity contribution in [3.05, 3.63) is 71.3 Å². The van der Waals surface area contributed by atoms with E-state index in [9.17, 15) is 9.90 Å². The molecule has 2 aromatic carbocycles. The minimum Gasteiger partial charge on any atom is -0.390 e. The van der Waals surface area contributed by atoms with Gasteiger partial charge in [-0.1, -0.05) is 42.5 Å². The molecule has 138 valence electrons. The van der Waals surface area contributed by atoms with Crippen molar-refractivity contribution in [1.82, 2.24) is 10.2 Å². The summed E-state index contributed by atoms with van der Waals surface area (Å²) in [6.45, 7) is 5.81. The largest absolute Gasteiger partial charge is 0.390 e. The predicted octanol–water partition coefficient (Wildman–Crippen LogP) is 3.18. The van der Waals surface area contributed by atoms with Crippen molar-refractivity contribution in [2.45, 2.75) is 38.3 Å². The molecule has 4 heteroatoms. The number of amides is 1. The van der Waals surface area contributed by atoms with Crippen LogP contribution in [-0.4, -0.2) is 41.1 Å².